The normalized spacial score (nSPS) is 11.2. The third-order valence-corrected chi connectivity index (χ3v) is 4.92. The van der Waals surface area contributed by atoms with Gasteiger partial charge in [-0.05, 0) is 30.2 Å². The highest BCUT2D eigenvalue weighted by atomic mass is 32.1. The van der Waals surface area contributed by atoms with Crippen LogP contribution >= 0.6 is 11.3 Å². The van der Waals surface area contributed by atoms with Crippen LogP contribution < -0.4 is 11.1 Å². The second-order valence-corrected chi connectivity index (χ2v) is 6.83. The zero-order chi connectivity index (χ0) is 18.5. The largest absolute Gasteiger partial charge is 0.366 e. The van der Waals surface area contributed by atoms with Gasteiger partial charge in [-0.1, -0.05) is 60.7 Å². The molecule has 0 radical (unpaired) electrons. The van der Waals surface area contributed by atoms with Crippen LogP contribution in [0, 0.1) is 0 Å². The quantitative estimate of drug-likeness (QED) is 0.653. The van der Waals surface area contributed by atoms with Crippen LogP contribution in [-0.2, 0) is 4.79 Å². The Bertz CT molecular complexity index is 960. The summed E-state index contributed by atoms with van der Waals surface area (Å²) in [5.74, 6) is -0.832. The smallest absolute Gasteiger partial charge is 0.251 e. The number of carbonyl (C=O) groups is 2. The molecule has 1 heterocycles. The predicted octanol–water partition coefficient (Wildman–Crippen LogP) is 4.56. The van der Waals surface area contributed by atoms with Crippen molar-refractivity contribution in [2.45, 2.75) is 6.92 Å². The molecule has 0 aliphatic heterocycles. The molecule has 0 fully saturated rings. The van der Waals surface area contributed by atoms with E-state index in [4.69, 9.17) is 5.73 Å². The molecule has 0 aliphatic carbocycles. The summed E-state index contributed by atoms with van der Waals surface area (Å²) in [4.78, 5) is 25.2. The molecule has 5 heteroatoms. The number of carbonyl (C=O) groups excluding carboxylic acids is 2. The number of hydrogen-bond donors (Lipinski definition) is 2. The average Bonchev–Trinajstić information content (AvgIpc) is 3.07. The molecule has 0 saturated carbocycles. The molecule has 26 heavy (non-hydrogen) atoms. The lowest BCUT2D eigenvalue weighted by Crippen LogP contribution is -2.16. The van der Waals surface area contributed by atoms with Gasteiger partial charge < -0.3 is 11.1 Å². The summed E-state index contributed by atoms with van der Waals surface area (Å²) in [6.45, 7) is 1.73. The van der Waals surface area contributed by atoms with Crippen LogP contribution in [0.4, 0.5) is 5.00 Å². The lowest BCUT2D eigenvalue weighted by molar-refractivity contribution is -0.112. The summed E-state index contributed by atoms with van der Waals surface area (Å²) in [6.07, 6.45) is 1.80. The Hall–Kier alpha value is -3.18. The Morgan fingerprint density at radius 3 is 2.23 bits per heavy atom. The summed E-state index contributed by atoms with van der Waals surface area (Å²) in [6, 6.07) is 21.0. The van der Waals surface area contributed by atoms with Crippen LogP contribution in [0.5, 0.6) is 0 Å². The Morgan fingerprint density at radius 1 is 1.00 bits per heavy atom. The first-order chi connectivity index (χ1) is 12.5. The van der Waals surface area contributed by atoms with Gasteiger partial charge in [-0.15, -0.1) is 11.3 Å². The molecule has 0 atom stereocenters. The van der Waals surface area contributed by atoms with Gasteiger partial charge in [0.05, 0.1) is 5.56 Å². The van der Waals surface area contributed by atoms with Crippen molar-refractivity contribution in [2.24, 2.45) is 5.73 Å². The SMILES string of the molecule is CC(=Cc1ccccc1)C(=O)Nc1sc(-c2ccccc2)cc1C(N)=O. The van der Waals surface area contributed by atoms with Gasteiger partial charge in [-0.25, -0.2) is 0 Å². The number of benzene rings is 2. The number of anilines is 1. The molecule has 3 aromatic rings. The predicted molar refractivity (Wildman–Crippen MR) is 107 cm³/mol. The van der Waals surface area contributed by atoms with E-state index in [1.54, 1.807) is 19.1 Å². The second-order valence-electron chi connectivity index (χ2n) is 5.78. The molecule has 2 amide bonds. The molecule has 130 valence electrons. The highest BCUT2D eigenvalue weighted by Crippen LogP contribution is 2.35. The molecule has 0 spiro atoms. The summed E-state index contributed by atoms with van der Waals surface area (Å²) in [7, 11) is 0. The molecular formula is C21H18N2O2S. The van der Waals surface area contributed by atoms with Crippen molar-refractivity contribution in [3.63, 3.8) is 0 Å². The Labute approximate surface area is 156 Å². The van der Waals surface area contributed by atoms with Crippen molar-refractivity contribution < 1.29 is 9.59 Å². The van der Waals surface area contributed by atoms with Gasteiger partial charge >= 0.3 is 0 Å². The van der Waals surface area contributed by atoms with Crippen molar-refractivity contribution in [3.05, 3.63) is 83.4 Å². The van der Waals surface area contributed by atoms with Crippen molar-refractivity contribution in [2.75, 3.05) is 5.32 Å². The maximum absolute atomic E-state index is 12.5. The first-order valence-corrected chi connectivity index (χ1v) is 8.90. The molecule has 4 nitrogen and oxygen atoms in total. The maximum atomic E-state index is 12.5. The first kappa shape index (κ1) is 17.6. The summed E-state index contributed by atoms with van der Waals surface area (Å²) >= 11 is 1.33. The van der Waals surface area contributed by atoms with E-state index in [1.807, 2.05) is 60.7 Å². The number of hydrogen-bond acceptors (Lipinski definition) is 3. The number of amides is 2. The van der Waals surface area contributed by atoms with Gasteiger partial charge in [0.1, 0.15) is 5.00 Å². The van der Waals surface area contributed by atoms with E-state index in [9.17, 15) is 9.59 Å². The highest BCUT2D eigenvalue weighted by molar-refractivity contribution is 7.20. The van der Waals surface area contributed by atoms with Crippen molar-refractivity contribution >= 4 is 34.2 Å². The van der Waals surface area contributed by atoms with Crippen molar-refractivity contribution in [1.29, 1.82) is 0 Å². The summed E-state index contributed by atoms with van der Waals surface area (Å²) in [5.41, 5.74) is 8.25. The van der Waals surface area contributed by atoms with Gasteiger partial charge in [0, 0.05) is 10.5 Å². The highest BCUT2D eigenvalue weighted by Gasteiger charge is 2.17. The monoisotopic (exact) mass is 362 g/mol. The Morgan fingerprint density at radius 2 is 1.62 bits per heavy atom. The number of nitrogens with one attached hydrogen (secondary N) is 1. The van der Waals surface area contributed by atoms with E-state index in [0.717, 1.165) is 16.0 Å². The van der Waals surface area contributed by atoms with Gasteiger partial charge in [-0.2, -0.15) is 0 Å². The molecular weight excluding hydrogens is 344 g/mol. The minimum atomic E-state index is -0.566. The first-order valence-electron chi connectivity index (χ1n) is 8.08. The van der Waals surface area contributed by atoms with Crippen LogP contribution in [0.1, 0.15) is 22.8 Å². The topological polar surface area (TPSA) is 72.2 Å². The van der Waals surface area contributed by atoms with Crippen LogP contribution in [0.2, 0.25) is 0 Å². The van der Waals surface area contributed by atoms with Gasteiger partial charge in [0.2, 0.25) is 0 Å². The molecule has 0 unspecified atom stereocenters. The van der Waals surface area contributed by atoms with E-state index in [-0.39, 0.29) is 5.91 Å². The molecule has 0 bridgehead atoms. The molecule has 3 N–H and O–H groups in total. The lowest BCUT2D eigenvalue weighted by Gasteiger charge is -2.05. The van der Waals surface area contributed by atoms with Gasteiger partial charge in [0.15, 0.2) is 0 Å². The summed E-state index contributed by atoms with van der Waals surface area (Å²) < 4.78 is 0. The second kappa shape index (κ2) is 7.80. The van der Waals surface area contributed by atoms with Crippen molar-refractivity contribution in [1.82, 2.24) is 0 Å². The van der Waals surface area contributed by atoms with E-state index in [1.165, 1.54) is 11.3 Å². The van der Waals surface area contributed by atoms with Gasteiger partial charge in [-0.3, -0.25) is 9.59 Å². The third kappa shape index (κ3) is 4.07. The maximum Gasteiger partial charge on any atom is 0.251 e. The standard InChI is InChI=1S/C21H18N2O2S/c1-14(12-15-8-4-2-5-9-15)20(25)23-21-17(19(22)24)13-18(26-21)16-10-6-3-7-11-16/h2-13H,1H3,(H2,22,24)(H,23,25). The van der Waals surface area contributed by atoms with E-state index in [0.29, 0.717) is 16.1 Å². The molecule has 2 aromatic carbocycles. The fourth-order valence-corrected chi connectivity index (χ4v) is 3.54. The summed E-state index contributed by atoms with van der Waals surface area (Å²) in [5, 5.41) is 3.27. The van der Waals surface area contributed by atoms with E-state index < -0.39 is 5.91 Å². The van der Waals surface area contributed by atoms with E-state index >= 15 is 0 Å². The van der Waals surface area contributed by atoms with Gasteiger partial charge in [0.25, 0.3) is 11.8 Å². The zero-order valence-electron chi connectivity index (χ0n) is 14.2. The third-order valence-electron chi connectivity index (χ3n) is 3.82. The molecule has 0 aliphatic rings. The fraction of sp³-hybridized carbons (Fsp3) is 0.0476. The Balaban J connectivity index is 1.87. The number of rotatable bonds is 5. The minimum absolute atomic E-state index is 0.266. The molecule has 1 aromatic heterocycles. The van der Waals surface area contributed by atoms with Crippen LogP contribution in [0.15, 0.2) is 72.3 Å². The molecule has 3 rings (SSSR count). The average molecular weight is 362 g/mol. The fourth-order valence-electron chi connectivity index (χ4n) is 2.48. The van der Waals surface area contributed by atoms with Crippen molar-refractivity contribution in [3.8, 4) is 10.4 Å². The lowest BCUT2D eigenvalue weighted by atomic mass is 10.1. The number of thiophene rings is 1. The van der Waals surface area contributed by atoms with Crippen LogP contribution in [0.3, 0.4) is 0 Å². The zero-order valence-corrected chi connectivity index (χ0v) is 15.0. The number of nitrogens with two attached hydrogens (primary N) is 1. The van der Waals surface area contributed by atoms with Crippen LogP contribution in [0.25, 0.3) is 16.5 Å². The minimum Gasteiger partial charge on any atom is -0.366 e. The Kier molecular flexibility index (Phi) is 5.29. The number of primary amides is 1. The van der Waals surface area contributed by atoms with Crippen LogP contribution in [-0.4, -0.2) is 11.8 Å². The molecule has 0 saturated heterocycles. The van der Waals surface area contributed by atoms with E-state index in [2.05, 4.69) is 5.32 Å².